The standard InChI is InChI=1S/C17H22N4O3/c18-14(22)10-21(15(23)13-6-3-9-20-13)16(24)17(19)8-7-11-4-1-2-5-12(11)17/h1-2,4-5,13,20H,3,6-10,19H2,(H2,18,22)/t13-,17?/m0/s1. The number of amides is 3. The van der Waals surface area contributed by atoms with Gasteiger partial charge in [0.2, 0.25) is 11.8 Å². The van der Waals surface area contributed by atoms with Crippen molar-refractivity contribution >= 4 is 17.7 Å². The SMILES string of the molecule is NC(=O)CN(C(=O)[C@@H]1CCCN1)C(=O)C1(N)CCc2ccccc21. The van der Waals surface area contributed by atoms with Crippen molar-refractivity contribution in [2.24, 2.45) is 11.5 Å². The van der Waals surface area contributed by atoms with Crippen LogP contribution in [0.1, 0.15) is 30.4 Å². The predicted octanol–water partition coefficient (Wildman–Crippen LogP) is -0.621. The second-order valence-corrected chi connectivity index (χ2v) is 6.47. The van der Waals surface area contributed by atoms with Gasteiger partial charge < -0.3 is 16.8 Å². The van der Waals surface area contributed by atoms with Gasteiger partial charge >= 0.3 is 0 Å². The van der Waals surface area contributed by atoms with E-state index in [1.165, 1.54) is 0 Å². The van der Waals surface area contributed by atoms with Gasteiger partial charge in [-0.2, -0.15) is 0 Å². The van der Waals surface area contributed by atoms with Crippen molar-refractivity contribution in [3.8, 4) is 0 Å². The maximum absolute atomic E-state index is 13.1. The number of hydrogen-bond acceptors (Lipinski definition) is 5. The second kappa shape index (κ2) is 6.33. The average Bonchev–Trinajstić information content (AvgIpc) is 3.21. The summed E-state index contributed by atoms with van der Waals surface area (Å²) in [5, 5.41) is 3.05. The van der Waals surface area contributed by atoms with Crippen molar-refractivity contribution in [3.05, 3.63) is 35.4 Å². The van der Waals surface area contributed by atoms with Gasteiger partial charge in [-0.25, -0.2) is 0 Å². The van der Waals surface area contributed by atoms with E-state index < -0.39 is 35.8 Å². The molecule has 24 heavy (non-hydrogen) atoms. The number of imide groups is 1. The number of primary amides is 1. The molecule has 0 spiro atoms. The summed E-state index contributed by atoms with van der Waals surface area (Å²) >= 11 is 0. The summed E-state index contributed by atoms with van der Waals surface area (Å²) in [5.41, 5.74) is 12.1. The molecule has 3 amide bonds. The lowest BCUT2D eigenvalue weighted by molar-refractivity contribution is -0.152. The smallest absolute Gasteiger partial charge is 0.254 e. The highest BCUT2D eigenvalue weighted by Crippen LogP contribution is 2.36. The van der Waals surface area contributed by atoms with Crippen molar-refractivity contribution < 1.29 is 14.4 Å². The molecule has 1 aliphatic carbocycles. The van der Waals surface area contributed by atoms with E-state index in [2.05, 4.69) is 5.32 Å². The van der Waals surface area contributed by atoms with Gasteiger partial charge in [-0.15, -0.1) is 0 Å². The van der Waals surface area contributed by atoms with E-state index in [0.717, 1.165) is 22.4 Å². The minimum absolute atomic E-state index is 0.409. The minimum Gasteiger partial charge on any atom is -0.368 e. The monoisotopic (exact) mass is 330 g/mol. The third-order valence-electron chi connectivity index (χ3n) is 4.85. The molecule has 7 nitrogen and oxygen atoms in total. The fourth-order valence-electron chi connectivity index (χ4n) is 3.59. The van der Waals surface area contributed by atoms with E-state index in [1.807, 2.05) is 18.2 Å². The normalized spacial score (nSPS) is 25.3. The highest BCUT2D eigenvalue weighted by Gasteiger charge is 2.46. The number of nitrogens with zero attached hydrogens (tertiary/aromatic N) is 1. The van der Waals surface area contributed by atoms with Crippen LogP contribution < -0.4 is 16.8 Å². The molecule has 0 bridgehead atoms. The molecule has 1 aromatic carbocycles. The molecule has 7 heteroatoms. The molecule has 128 valence electrons. The molecule has 1 heterocycles. The largest absolute Gasteiger partial charge is 0.368 e. The Balaban J connectivity index is 1.91. The van der Waals surface area contributed by atoms with E-state index in [4.69, 9.17) is 11.5 Å². The summed E-state index contributed by atoms with van der Waals surface area (Å²) in [6.45, 7) is 0.266. The predicted molar refractivity (Wildman–Crippen MR) is 87.6 cm³/mol. The zero-order chi connectivity index (χ0) is 17.3. The van der Waals surface area contributed by atoms with E-state index in [-0.39, 0.29) is 0 Å². The number of carbonyl (C=O) groups is 3. The fourth-order valence-corrected chi connectivity index (χ4v) is 3.59. The van der Waals surface area contributed by atoms with E-state index in [9.17, 15) is 14.4 Å². The molecular weight excluding hydrogens is 308 g/mol. The van der Waals surface area contributed by atoms with Crippen LogP contribution in [0.3, 0.4) is 0 Å². The van der Waals surface area contributed by atoms with Crippen LogP contribution in [0.2, 0.25) is 0 Å². The molecule has 1 aliphatic heterocycles. The van der Waals surface area contributed by atoms with Crippen LogP contribution in [0.25, 0.3) is 0 Å². The Morgan fingerprint density at radius 3 is 2.71 bits per heavy atom. The summed E-state index contributed by atoms with van der Waals surface area (Å²) in [5.74, 6) is -1.71. The highest BCUT2D eigenvalue weighted by molar-refractivity contribution is 6.05. The van der Waals surface area contributed by atoms with Gasteiger partial charge in [-0.3, -0.25) is 19.3 Å². The van der Waals surface area contributed by atoms with Gasteiger partial charge in [-0.05, 0) is 43.4 Å². The molecule has 1 fully saturated rings. The lowest BCUT2D eigenvalue weighted by Crippen LogP contribution is -2.58. The van der Waals surface area contributed by atoms with Crippen LogP contribution in [0.5, 0.6) is 0 Å². The van der Waals surface area contributed by atoms with Crippen molar-refractivity contribution in [1.82, 2.24) is 10.2 Å². The molecule has 3 rings (SSSR count). The molecule has 0 aromatic heterocycles. The third-order valence-corrected chi connectivity index (χ3v) is 4.85. The van der Waals surface area contributed by atoms with Crippen molar-refractivity contribution in [2.75, 3.05) is 13.1 Å². The van der Waals surface area contributed by atoms with Crippen molar-refractivity contribution in [3.63, 3.8) is 0 Å². The van der Waals surface area contributed by atoms with Gasteiger partial charge in [0.15, 0.2) is 0 Å². The van der Waals surface area contributed by atoms with Crippen LogP contribution in [0.15, 0.2) is 24.3 Å². The lowest BCUT2D eigenvalue weighted by atomic mass is 9.91. The summed E-state index contributed by atoms with van der Waals surface area (Å²) in [4.78, 5) is 38.2. The van der Waals surface area contributed by atoms with E-state index >= 15 is 0 Å². The van der Waals surface area contributed by atoms with Crippen LogP contribution in [-0.4, -0.2) is 41.8 Å². The number of nitrogens with two attached hydrogens (primary N) is 2. The summed E-state index contributed by atoms with van der Waals surface area (Å²) in [6.07, 6.45) is 2.56. The molecule has 5 N–H and O–H groups in total. The number of fused-ring (bicyclic) bond motifs is 1. The van der Waals surface area contributed by atoms with Crippen LogP contribution in [0, 0.1) is 0 Å². The summed E-state index contributed by atoms with van der Waals surface area (Å²) < 4.78 is 0. The molecule has 1 aromatic rings. The maximum Gasteiger partial charge on any atom is 0.254 e. The van der Waals surface area contributed by atoms with Crippen LogP contribution in [0.4, 0.5) is 0 Å². The van der Waals surface area contributed by atoms with Crippen molar-refractivity contribution in [1.29, 1.82) is 0 Å². The first kappa shape index (κ1) is 16.6. The maximum atomic E-state index is 13.1. The van der Waals surface area contributed by atoms with Crippen LogP contribution >= 0.6 is 0 Å². The number of aryl methyl sites for hydroxylation is 1. The third kappa shape index (κ3) is 2.81. The summed E-state index contributed by atoms with van der Waals surface area (Å²) in [7, 11) is 0. The first-order chi connectivity index (χ1) is 11.4. The summed E-state index contributed by atoms with van der Waals surface area (Å²) in [6, 6.07) is 6.98. The minimum atomic E-state index is -1.29. The lowest BCUT2D eigenvalue weighted by Gasteiger charge is -2.31. The zero-order valence-electron chi connectivity index (χ0n) is 13.5. The average molecular weight is 330 g/mol. The van der Waals surface area contributed by atoms with Gasteiger partial charge in [0.05, 0.1) is 6.04 Å². The molecule has 0 saturated carbocycles. The molecule has 0 radical (unpaired) electrons. The number of benzene rings is 1. The van der Waals surface area contributed by atoms with Gasteiger partial charge in [-0.1, -0.05) is 24.3 Å². The molecule has 1 unspecified atom stereocenters. The molecular formula is C17H22N4O3. The molecule has 2 aliphatic rings. The Labute approximate surface area is 140 Å². The van der Waals surface area contributed by atoms with E-state index in [1.54, 1.807) is 6.07 Å². The van der Waals surface area contributed by atoms with Gasteiger partial charge in [0.25, 0.3) is 5.91 Å². The second-order valence-electron chi connectivity index (χ2n) is 6.47. The molecule has 2 atom stereocenters. The molecule has 1 saturated heterocycles. The van der Waals surface area contributed by atoms with Gasteiger partial charge in [0.1, 0.15) is 12.1 Å². The fraction of sp³-hybridized carbons (Fsp3) is 0.471. The first-order valence-electron chi connectivity index (χ1n) is 8.18. The number of nitrogens with one attached hydrogen (secondary N) is 1. The topological polar surface area (TPSA) is 119 Å². The number of rotatable bonds is 4. The van der Waals surface area contributed by atoms with Gasteiger partial charge in [0, 0.05) is 0 Å². The first-order valence-corrected chi connectivity index (χ1v) is 8.18. The Morgan fingerprint density at radius 2 is 2.04 bits per heavy atom. The quantitative estimate of drug-likeness (QED) is 0.636. The van der Waals surface area contributed by atoms with Crippen molar-refractivity contribution in [2.45, 2.75) is 37.3 Å². The number of hydrogen-bond donors (Lipinski definition) is 3. The Bertz CT molecular complexity index is 684. The van der Waals surface area contributed by atoms with Crippen LogP contribution in [-0.2, 0) is 26.3 Å². The zero-order valence-corrected chi connectivity index (χ0v) is 13.5. The Kier molecular flexibility index (Phi) is 4.38. The Hall–Kier alpha value is -2.25. The highest BCUT2D eigenvalue weighted by atomic mass is 16.2. The Morgan fingerprint density at radius 1 is 1.29 bits per heavy atom. The van der Waals surface area contributed by atoms with E-state index in [0.29, 0.717) is 25.8 Å². The number of carbonyl (C=O) groups excluding carboxylic acids is 3.